The van der Waals surface area contributed by atoms with Crippen molar-refractivity contribution >= 4 is 11.7 Å². The van der Waals surface area contributed by atoms with Crippen molar-refractivity contribution in [3.63, 3.8) is 0 Å². The molecule has 7 heteroatoms. The van der Waals surface area contributed by atoms with Gasteiger partial charge in [-0.25, -0.2) is 9.67 Å². The van der Waals surface area contributed by atoms with Crippen molar-refractivity contribution in [3.8, 4) is 0 Å². The van der Waals surface area contributed by atoms with E-state index in [1.54, 1.807) is 17.7 Å². The van der Waals surface area contributed by atoms with Gasteiger partial charge in [-0.05, 0) is 20.8 Å². The first-order valence-electron chi connectivity index (χ1n) is 6.08. The van der Waals surface area contributed by atoms with E-state index in [1.165, 1.54) is 0 Å². The van der Waals surface area contributed by atoms with Crippen LogP contribution in [-0.2, 0) is 11.3 Å². The van der Waals surface area contributed by atoms with Gasteiger partial charge in [0.15, 0.2) is 5.82 Å². The summed E-state index contributed by atoms with van der Waals surface area (Å²) >= 11 is 0. The number of carbonyl (C=O) groups is 1. The Morgan fingerprint density at radius 2 is 2.21 bits per heavy atom. The van der Waals surface area contributed by atoms with Crippen LogP contribution >= 0.6 is 0 Å². The van der Waals surface area contributed by atoms with Crippen molar-refractivity contribution < 1.29 is 9.32 Å². The first kappa shape index (κ1) is 13.3. The van der Waals surface area contributed by atoms with Gasteiger partial charge in [-0.2, -0.15) is 5.10 Å². The summed E-state index contributed by atoms with van der Waals surface area (Å²) < 4.78 is 6.62. The number of hydrogen-bond acceptors (Lipinski definition) is 5. The molecule has 0 unspecified atom stereocenters. The maximum atomic E-state index is 12.0. The molecule has 0 saturated heterocycles. The van der Waals surface area contributed by atoms with Crippen molar-refractivity contribution in [2.24, 2.45) is 5.92 Å². The Hall–Kier alpha value is -2.18. The van der Waals surface area contributed by atoms with Gasteiger partial charge in [0.1, 0.15) is 17.4 Å². The number of amides is 1. The number of aromatic nitrogens is 4. The minimum absolute atomic E-state index is 0.124. The van der Waals surface area contributed by atoms with Crippen LogP contribution < -0.4 is 5.32 Å². The van der Waals surface area contributed by atoms with E-state index >= 15 is 0 Å². The Kier molecular flexibility index (Phi) is 3.64. The predicted octanol–water partition coefficient (Wildman–Crippen LogP) is 1.47. The highest BCUT2D eigenvalue weighted by Crippen LogP contribution is 2.10. The number of aryl methyl sites for hydroxylation is 3. The van der Waals surface area contributed by atoms with E-state index < -0.39 is 0 Å². The standard InChI is InChI=1S/C12H17N5O2/c1-7(6-17-10(4)13-9(3)15-17)12(18)14-11-5-8(2)19-16-11/h5,7H,6H2,1-4H3,(H,14,16,18)/t7-/m1/s1. The molecule has 0 aliphatic rings. The summed E-state index contributed by atoms with van der Waals surface area (Å²) in [7, 11) is 0. The smallest absolute Gasteiger partial charge is 0.230 e. The van der Waals surface area contributed by atoms with Crippen LogP contribution in [0.3, 0.4) is 0 Å². The highest BCUT2D eigenvalue weighted by Gasteiger charge is 2.17. The molecule has 0 aromatic carbocycles. The fourth-order valence-corrected chi connectivity index (χ4v) is 1.75. The van der Waals surface area contributed by atoms with Gasteiger partial charge in [-0.1, -0.05) is 12.1 Å². The van der Waals surface area contributed by atoms with Gasteiger partial charge in [-0.15, -0.1) is 0 Å². The molecule has 19 heavy (non-hydrogen) atoms. The van der Waals surface area contributed by atoms with Crippen LogP contribution in [0.25, 0.3) is 0 Å². The second-order valence-corrected chi connectivity index (χ2v) is 4.60. The third-order valence-corrected chi connectivity index (χ3v) is 2.74. The lowest BCUT2D eigenvalue weighted by Crippen LogP contribution is -2.25. The Bertz CT molecular complexity index is 587. The van der Waals surface area contributed by atoms with E-state index in [0.29, 0.717) is 23.9 Å². The topological polar surface area (TPSA) is 85.8 Å². The summed E-state index contributed by atoms with van der Waals surface area (Å²) in [6.45, 7) is 7.78. The first-order chi connectivity index (χ1) is 8.95. The van der Waals surface area contributed by atoms with Crippen LogP contribution in [-0.4, -0.2) is 25.8 Å². The van der Waals surface area contributed by atoms with E-state index in [1.807, 2.05) is 20.8 Å². The zero-order valence-corrected chi connectivity index (χ0v) is 11.5. The maximum Gasteiger partial charge on any atom is 0.230 e. The summed E-state index contributed by atoms with van der Waals surface area (Å²) in [6.07, 6.45) is 0. The van der Waals surface area contributed by atoms with E-state index in [9.17, 15) is 4.79 Å². The summed E-state index contributed by atoms with van der Waals surface area (Å²) in [6, 6.07) is 1.68. The summed E-state index contributed by atoms with van der Waals surface area (Å²) in [5, 5.41) is 10.7. The van der Waals surface area contributed by atoms with Crippen LogP contribution in [0.5, 0.6) is 0 Å². The van der Waals surface area contributed by atoms with Crippen LogP contribution in [0.1, 0.15) is 24.3 Å². The minimum Gasteiger partial charge on any atom is -0.360 e. The largest absolute Gasteiger partial charge is 0.360 e. The average molecular weight is 263 g/mol. The van der Waals surface area contributed by atoms with E-state index in [0.717, 1.165) is 5.82 Å². The number of hydrogen-bond donors (Lipinski definition) is 1. The quantitative estimate of drug-likeness (QED) is 0.902. The van der Waals surface area contributed by atoms with Crippen molar-refractivity contribution in [1.29, 1.82) is 0 Å². The fourth-order valence-electron chi connectivity index (χ4n) is 1.75. The van der Waals surface area contributed by atoms with Crippen LogP contribution in [0.15, 0.2) is 10.6 Å². The van der Waals surface area contributed by atoms with Crippen molar-refractivity contribution in [1.82, 2.24) is 19.9 Å². The summed E-state index contributed by atoms with van der Waals surface area (Å²) in [4.78, 5) is 16.2. The monoisotopic (exact) mass is 263 g/mol. The SMILES string of the molecule is Cc1nc(C)n(C[C@@H](C)C(=O)Nc2cc(C)on2)n1. The molecule has 2 aromatic heterocycles. The molecule has 2 aromatic rings. The number of carbonyl (C=O) groups excluding carboxylic acids is 1. The van der Waals surface area contributed by atoms with Gasteiger partial charge in [-0.3, -0.25) is 4.79 Å². The Morgan fingerprint density at radius 3 is 2.74 bits per heavy atom. The minimum atomic E-state index is -0.239. The van der Waals surface area contributed by atoms with Gasteiger partial charge in [0.2, 0.25) is 5.91 Å². The molecule has 0 bridgehead atoms. The molecule has 102 valence electrons. The molecule has 0 radical (unpaired) electrons. The molecule has 0 fully saturated rings. The van der Waals surface area contributed by atoms with E-state index in [4.69, 9.17) is 4.52 Å². The third kappa shape index (κ3) is 3.18. The molecule has 2 rings (SSSR count). The molecule has 0 aliphatic heterocycles. The van der Waals surface area contributed by atoms with Crippen LogP contribution in [0.2, 0.25) is 0 Å². The second kappa shape index (κ2) is 5.21. The van der Waals surface area contributed by atoms with Gasteiger partial charge < -0.3 is 9.84 Å². The van der Waals surface area contributed by atoms with Crippen molar-refractivity contribution in [2.45, 2.75) is 34.2 Å². The molecule has 0 saturated carbocycles. The predicted molar refractivity (Wildman–Crippen MR) is 68.5 cm³/mol. The van der Waals surface area contributed by atoms with Crippen molar-refractivity contribution in [2.75, 3.05) is 5.32 Å². The van der Waals surface area contributed by atoms with Crippen LogP contribution in [0, 0.1) is 26.7 Å². The van der Waals surface area contributed by atoms with Gasteiger partial charge in [0.05, 0.1) is 12.5 Å². The number of anilines is 1. The molecule has 1 amide bonds. The molecule has 1 N–H and O–H groups in total. The lowest BCUT2D eigenvalue weighted by molar-refractivity contribution is -0.119. The lowest BCUT2D eigenvalue weighted by atomic mass is 10.1. The van der Waals surface area contributed by atoms with Crippen LogP contribution in [0.4, 0.5) is 5.82 Å². The molecule has 0 aliphatic carbocycles. The third-order valence-electron chi connectivity index (χ3n) is 2.74. The first-order valence-corrected chi connectivity index (χ1v) is 6.08. The lowest BCUT2D eigenvalue weighted by Gasteiger charge is -2.11. The van der Waals surface area contributed by atoms with Gasteiger partial charge in [0, 0.05) is 6.07 Å². The molecule has 0 spiro atoms. The van der Waals surface area contributed by atoms with E-state index in [2.05, 4.69) is 20.6 Å². The number of nitrogens with zero attached hydrogens (tertiary/aromatic N) is 4. The molecule has 2 heterocycles. The normalized spacial score (nSPS) is 12.4. The molecule has 1 atom stereocenters. The fraction of sp³-hybridized carbons (Fsp3) is 0.500. The summed E-state index contributed by atoms with van der Waals surface area (Å²) in [5.74, 6) is 2.23. The number of rotatable bonds is 4. The Morgan fingerprint density at radius 1 is 1.47 bits per heavy atom. The average Bonchev–Trinajstić information content (AvgIpc) is 2.85. The maximum absolute atomic E-state index is 12.0. The Balaban J connectivity index is 1.97. The van der Waals surface area contributed by atoms with E-state index in [-0.39, 0.29) is 11.8 Å². The zero-order chi connectivity index (χ0) is 14.0. The highest BCUT2D eigenvalue weighted by atomic mass is 16.5. The number of nitrogens with one attached hydrogen (secondary N) is 1. The van der Waals surface area contributed by atoms with Crippen molar-refractivity contribution in [3.05, 3.63) is 23.5 Å². The summed E-state index contributed by atoms with van der Waals surface area (Å²) in [5.41, 5.74) is 0. The Labute approximate surface area is 111 Å². The van der Waals surface area contributed by atoms with Gasteiger partial charge >= 0.3 is 0 Å². The molecular weight excluding hydrogens is 246 g/mol. The molecule has 7 nitrogen and oxygen atoms in total. The second-order valence-electron chi connectivity index (χ2n) is 4.60. The molecular formula is C12H17N5O2. The highest BCUT2D eigenvalue weighted by molar-refractivity contribution is 5.91. The zero-order valence-electron chi connectivity index (χ0n) is 11.5. The van der Waals surface area contributed by atoms with Gasteiger partial charge in [0.25, 0.3) is 0 Å².